The fraction of sp³-hybridized carbons (Fsp3) is 0.300. The van der Waals surface area contributed by atoms with Crippen LogP contribution in [0.1, 0.15) is 11.1 Å². The summed E-state index contributed by atoms with van der Waals surface area (Å²) >= 11 is 0. The molecular weight excluding hydrogens is 350 g/mol. The maximum Gasteiger partial charge on any atom is 0.310 e. The highest BCUT2D eigenvalue weighted by molar-refractivity contribution is 5.93. The van der Waals surface area contributed by atoms with E-state index in [9.17, 15) is 9.59 Å². The van der Waals surface area contributed by atoms with Gasteiger partial charge in [0.1, 0.15) is 0 Å². The van der Waals surface area contributed by atoms with Crippen LogP contribution < -0.4 is 19.5 Å². The fourth-order valence-corrected chi connectivity index (χ4v) is 2.51. The molecule has 0 unspecified atom stereocenters. The molecule has 0 bridgehead atoms. The first-order valence-electron chi connectivity index (χ1n) is 8.28. The van der Waals surface area contributed by atoms with Crippen molar-refractivity contribution in [1.82, 2.24) is 0 Å². The lowest BCUT2D eigenvalue weighted by atomic mass is 10.1. The van der Waals surface area contributed by atoms with E-state index in [1.54, 1.807) is 12.1 Å². The highest BCUT2D eigenvalue weighted by atomic mass is 16.5. The van der Waals surface area contributed by atoms with Crippen LogP contribution in [0.15, 0.2) is 36.4 Å². The summed E-state index contributed by atoms with van der Waals surface area (Å²) in [5.74, 6) is 0.293. The van der Waals surface area contributed by atoms with Crippen molar-refractivity contribution < 1.29 is 28.5 Å². The highest BCUT2D eigenvalue weighted by Crippen LogP contribution is 2.39. The molecular formula is C20H23NO6. The van der Waals surface area contributed by atoms with Gasteiger partial charge < -0.3 is 24.3 Å². The second-order valence-corrected chi connectivity index (χ2v) is 5.73. The van der Waals surface area contributed by atoms with Crippen molar-refractivity contribution in [2.45, 2.75) is 13.3 Å². The third-order valence-electron chi connectivity index (χ3n) is 3.91. The largest absolute Gasteiger partial charge is 0.493 e. The van der Waals surface area contributed by atoms with E-state index in [0.717, 1.165) is 11.1 Å². The molecule has 27 heavy (non-hydrogen) atoms. The Morgan fingerprint density at radius 3 is 2.15 bits per heavy atom. The fourth-order valence-electron chi connectivity index (χ4n) is 2.51. The van der Waals surface area contributed by atoms with Gasteiger partial charge in [0.15, 0.2) is 18.1 Å². The molecule has 0 aromatic heterocycles. The maximum atomic E-state index is 12.1. The minimum absolute atomic E-state index is 0.115. The second kappa shape index (κ2) is 9.47. The first-order valence-corrected chi connectivity index (χ1v) is 8.28. The molecule has 0 aliphatic carbocycles. The van der Waals surface area contributed by atoms with Gasteiger partial charge >= 0.3 is 5.97 Å². The summed E-state index contributed by atoms with van der Waals surface area (Å²) in [6.07, 6.45) is 0.115. The van der Waals surface area contributed by atoms with Crippen LogP contribution in [0.2, 0.25) is 0 Å². The van der Waals surface area contributed by atoms with E-state index in [-0.39, 0.29) is 13.0 Å². The Bertz CT molecular complexity index is 793. The molecule has 0 saturated carbocycles. The van der Waals surface area contributed by atoms with E-state index in [1.165, 1.54) is 21.3 Å². The molecule has 2 aromatic rings. The Morgan fingerprint density at radius 1 is 0.963 bits per heavy atom. The number of benzene rings is 2. The number of rotatable bonds is 8. The summed E-state index contributed by atoms with van der Waals surface area (Å²) in [6.45, 7) is 1.53. The molecule has 0 saturated heterocycles. The van der Waals surface area contributed by atoms with Gasteiger partial charge in [0, 0.05) is 17.8 Å². The number of anilines is 1. The van der Waals surface area contributed by atoms with E-state index in [2.05, 4.69) is 5.32 Å². The molecule has 0 radical (unpaired) electrons. The first kappa shape index (κ1) is 20.1. The number of carbonyl (C=O) groups is 2. The molecule has 0 atom stereocenters. The van der Waals surface area contributed by atoms with Gasteiger partial charge in [0.2, 0.25) is 5.75 Å². The monoisotopic (exact) mass is 373 g/mol. The molecule has 2 aromatic carbocycles. The summed E-state index contributed by atoms with van der Waals surface area (Å²) < 4.78 is 20.8. The molecule has 0 fully saturated rings. The third-order valence-corrected chi connectivity index (χ3v) is 3.91. The zero-order valence-corrected chi connectivity index (χ0v) is 15.8. The van der Waals surface area contributed by atoms with Crippen LogP contribution in [0.25, 0.3) is 0 Å². The van der Waals surface area contributed by atoms with Gasteiger partial charge in [0.05, 0.1) is 27.8 Å². The molecule has 0 aliphatic rings. The van der Waals surface area contributed by atoms with Crippen LogP contribution in [0.5, 0.6) is 17.2 Å². The maximum absolute atomic E-state index is 12.1. The Balaban J connectivity index is 1.95. The summed E-state index contributed by atoms with van der Waals surface area (Å²) in [6, 6.07) is 10.7. The predicted octanol–water partition coefficient (Wildman–Crippen LogP) is 2.75. The average molecular weight is 373 g/mol. The number of aryl methyl sites for hydroxylation is 1. The van der Waals surface area contributed by atoms with Gasteiger partial charge in [-0.15, -0.1) is 0 Å². The SMILES string of the molecule is COc1cc(NC(=O)COC(=O)Cc2ccccc2C)cc(OC)c1OC. The molecule has 144 valence electrons. The normalized spacial score (nSPS) is 10.1. The van der Waals surface area contributed by atoms with Gasteiger partial charge in [0.25, 0.3) is 5.91 Å². The minimum atomic E-state index is -0.470. The number of hydrogen-bond acceptors (Lipinski definition) is 6. The van der Waals surface area contributed by atoms with Crippen LogP contribution in [0, 0.1) is 6.92 Å². The van der Waals surface area contributed by atoms with E-state index in [0.29, 0.717) is 22.9 Å². The molecule has 1 amide bonds. The van der Waals surface area contributed by atoms with Crippen molar-refractivity contribution in [1.29, 1.82) is 0 Å². The minimum Gasteiger partial charge on any atom is -0.493 e. The summed E-state index contributed by atoms with van der Waals surface area (Å²) in [7, 11) is 4.46. The number of esters is 1. The molecule has 7 heteroatoms. The van der Waals surface area contributed by atoms with Crippen molar-refractivity contribution >= 4 is 17.6 Å². The van der Waals surface area contributed by atoms with Gasteiger partial charge in [-0.05, 0) is 18.1 Å². The third kappa shape index (κ3) is 5.37. The van der Waals surface area contributed by atoms with E-state index >= 15 is 0 Å². The summed E-state index contributed by atoms with van der Waals surface area (Å²) in [5.41, 5.74) is 2.30. The van der Waals surface area contributed by atoms with Crippen molar-refractivity contribution in [3.05, 3.63) is 47.5 Å². The molecule has 7 nitrogen and oxygen atoms in total. The van der Waals surface area contributed by atoms with Crippen molar-refractivity contribution in [3.63, 3.8) is 0 Å². The van der Waals surface area contributed by atoms with Crippen LogP contribution in [0.3, 0.4) is 0 Å². The van der Waals surface area contributed by atoms with Crippen LogP contribution >= 0.6 is 0 Å². The highest BCUT2D eigenvalue weighted by Gasteiger charge is 2.15. The average Bonchev–Trinajstić information content (AvgIpc) is 2.67. The zero-order valence-electron chi connectivity index (χ0n) is 15.8. The van der Waals surface area contributed by atoms with Crippen LogP contribution in [0.4, 0.5) is 5.69 Å². The number of hydrogen-bond donors (Lipinski definition) is 1. The van der Waals surface area contributed by atoms with Gasteiger partial charge in [-0.1, -0.05) is 24.3 Å². The smallest absolute Gasteiger partial charge is 0.310 e. The molecule has 2 rings (SSSR count). The first-order chi connectivity index (χ1) is 13.0. The van der Waals surface area contributed by atoms with Crippen molar-refractivity contribution in [2.24, 2.45) is 0 Å². The van der Waals surface area contributed by atoms with E-state index in [1.807, 2.05) is 31.2 Å². The Morgan fingerprint density at radius 2 is 1.59 bits per heavy atom. The van der Waals surface area contributed by atoms with Crippen LogP contribution in [-0.4, -0.2) is 39.8 Å². The number of ether oxygens (including phenoxy) is 4. The lowest BCUT2D eigenvalue weighted by Gasteiger charge is -2.14. The topological polar surface area (TPSA) is 83.1 Å². The standard InChI is InChI=1S/C20H23NO6/c1-13-7-5-6-8-14(13)9-19(23)27-12-18(22)21-15-10-16(24-2)20(26-4)17(11-15)25-3/h5-8,10-11H,9,12H2,1-4H3,(H,21,22). The molecule has 0 spiro atoms. The Labute approximate surface area is 158 Å². The molecule has 0 aliphatic heterocycles. The lowest BCUT2D eigenvalue weighted by molar-refractivity contribution is -0.146. The van der Waals surface area contributed by atoms with E-state index in [4.69, 9.17) is 18.9 Å². The number of carbonyl (C=O) groups excluding carboxylic acids is 2. The molecule has 1 N–H and O–H groups in total. The van der Waals surface area contributed by atoms with Gasteiger partial charge in [-0.25, -0.2) is 0 Å². The summed E-state index contributed by atoms with van der Waals surface area (Å²) in [5, 5.41) is 2.64. The Kier molecular flexibility index (Phi) is 7.05. The quantitative estimate of drug-likeness (QED) is 0.717. The predicted molar refractivity (Wildman–Crippen MR) is 101 cm³/mol. The second-order valence-electron chi connectivity index (χ2n) is 5.73. The van der Waals surface area contributed by atoms with Gasteiger partial charge in [-0.2, -0.15) is 0 Å². The van der Waals surface area contributed by atoms with Gasteiger partial charge in [-0.3, -0.25) is 9.59 Å². The Hall–Kier alpha value is -3.22. The summed E-state index contributed by atoms with van der Waals surface area (Å²) in [4.78, 5) is 24.0. The molecule has 0 heterocycles. The van der Waals surface area contributed by atoms with Crippen molar-refractivity contribution in [3.8, 4) is 17.2 Å². The lowest BCUT2D eigenvalue weighted by Crippen LogP contribution is -2.21. The number of nitrogens with one attached hydrogen (secondary N) is 1. The zero-order chi connectivity index (χ0) is 19.8. The number of amides is 1. The number of methoxy groups -OCH3 is 3. The van der Waals surface area contributed by atoms with E-state index < -0.39 is 11.9 Å². The van der Waals surface area contributed by atoms with Crippen LogP contribution in [-0.2, 0) is 20.7 Å². The van der Waals surface area contributed by atoms with Crippen molar-refractivity contribution in [2.75, 3.05) is 33.3 Å².